The van der Waals surface area contributed by atoms with Gasteiger partial charge in [-0.15, -0.1) is 0 Å². The third kappa shape index (κ3) is 4.60. The molecule has 0 bridgehead atoms. The molecule has 1 saturated heterocycles. The van der Waals surface area contributed by atoms with Crippen molar-refractivity contribution < 1.29 is 13.2 Å². The van der Waals surface area contributed by atoms with Crippen LogP contribution in [0.1, 0.15) is 39.2 Å². The van der Waals surface area contributed by atoms with Crippen molar-refractivity contribution in [3.05, 3.63) is 23.9 Å². The molecular weight excluding hydrogens is 291 g/mol. The zero-order chi connectivity index (χ0) is 16.4. The highest BCUT2D eigenvalue weighted by atomic mass is 19.4. The van der Waals surface area contributed by atoms with E-state index in [0.29, 0.717) is 19.5 Å². The van der Waals surface area contributed by atoms with Gasteiger partial charge >= 0.3 is 6.18 Å². The predicted molar refractivity (Wildman–Crippen MR) is 82.1 cm³/mol. The van der Waals surface area contributed by atoms with E-state index in [1.54, 1.807) is 6.20 Å². The molecule has 124 valence electrons. The summed E-state index contributed by atoms with van der Waals surface area (Å²) in [6, 6.07) is 4.03. The van der Waals surface area contributed by atoms with Crippen molar-refractivity contribution in [2.24, 2.45) is 0 Å². The van der Waals surface area contributed by atoms with E-state index in [1.165, 1.54) is 10.5 Å². The Labute approximate surface area is 129 Å². The molecule has 1 fully saturated rings. The Bertz CT molecular complexity index is 500. The van der Waals surface area contributed by atoms with Gasteiger partial charge in [0.25, 0.3) is 0 Å². The molecule has 6 heteroatoms. The van der Waals surface area contributed by atoms with E-state index < -0.39 is 12.7 Å². The van der Waals surface area contributed by atoms with E-state index in [4.69, 9.17) is 0 Å². The molecule has 0 saturated carbocycles. The molecule has 1 atom stereocenters. The van der Waals surface area contributed by atoms with Crippen molar-refractivity contribution in [1.29, 1.82) is 0 Å². The Morgan fingerprint density at radius 1 is 1.36 bits per heavy atom. The molecule has 1 N–H and O–H groups in total. The number of anilines is 1. The van der Waals surface area contributed by atoms with Gasteiger partial charge in [-0.05, 0) is 36.0 Å². The number of rotatable bonds is 5. The molecule has 0 spiro atoms. The normalized spacial score (nSPS) is 20.4. The van der Waals surface area contributed by atoms with Crippen LogP contribution < -0.4 is 5.32 Å². The number of halogens is 3. The fourth-order valence-electron chi connectivity index (χ4n) is 2.69. The lowest BCUT2D eigenvalue weighted by atomic mass is 9.83. The molecule has 0 amide bonds. The molecule has 2 rings (SSSR count). The second-order valence-corrected chi connectivity index (χ2v) is 6.65. The summed E-state index contributed by atoms with van der Waals surface area (Å²) in [5.74, 6) is 0.748. The number of hydrogen-bond donors (Lipinski definition) is 1. The van der Waals surface area contributed by atoms with Crippen molar-refractivity contribution in [3.63, 3.8) is 0 Å². The van der Waals surface area contributed by atoms with Gasteiger partial charge < -0.3 is 5.32 Å². The molecule has 3 nitrogen and oxygen atoms in total. The Balaban J connectivity index is 1.96. The topological polar surface area (TPSA) is 28.2 Å². The summed E-state index contributed by atoms with van der Waals surface area (Å²) in [7, 11) is 0. The van der Waals surface area contributed by atoms with Crippen LogP contribution >= 0.6 is 0 Å². The summed E-state index contributed by atoms with van der Waals surface area (Å²) in [6.07, 6.45) is -0.645. The molecule has 1 unspecified atom stereocenters. The minimum Gasteiger partial charge on any atom is -0.366 e. The molecule has 1 aromatic heterocycles. The number of nitrogens with one attached hydrogen (secondary N) is 1. The first kappa shape index (κ1) is 17.1. The third-order valence-corrected chi connectivity index (χ3v) is 4.45. The van der Waals surface area contributed by atoms with E-state index in [-0.39, 0.29) is 11.5 Å². The van der Waals surface area contributed by atoms with Crippen molar-refractivity contribution in [1.82, 2.24) is 9.88 Å². The van der Waals surface area contributed by atoms with E-state index in [1.807, 2.05) is 12.1 Å². The Kier molecular flexibility index (Phi) is 5.00. The summed E-state index contributed by atoms with van der Waals surface area (Å²) < 4.78 is 37.2. The number of likely N-dealkylation sites (tertiary alicyclic amines) is 1. The summed E-state index contributed by atoms with van der Waals surface area (Å²) in [5, 5.41) is 3.27. The van der Waals surface area contributed by atoms with Gasteiger partial charge in [-0.25, -0.2) is 4.98 Å². The van der Waals surface area contributed by atoms with Gasteiger partial charge in [-0.3, -0.25) is 4.90 Å². The molecular formula is C16H24F3N3. The molecule has 0 aliphatic carbocycles. The summed E-state index contributed by atoms with van der Waals surface area (Å²) >= 11 is 0. The van der Waals surface area contributed by atoms with Crippen molar-refractivity contribution in [2.75, 3.05) is 25.0 Å². The Hall–Kier alpha value is -1.30. The smallest absolute Gasteiger partial charge is 0.366 e. The lowest BCUT2D eigenvalue weighted by Gasteiger charge is -2.24. The zero-order valence-corrected chi connectivity index (χ0v) is 13.4. The first-order valence-electron chi connectivity index (χ1n) is 7.72. The number of aromatic nitrogens is 1. The van der Waals surface area contributed by atoms with E-state index in [9.17, 15) is 13.2 Å². The standard InChI is InChI=1S/C16H24F3N3/c1-4-15(2,3)12-5-7-20-14(9-12)21-13-6-8-22(10-13)11-16(17,18)19/h5,7,9,13H,4,6,8,10-11H2,1-3H3,(H,20,21). The van der Waals surface area contributed by atoms with Crippen molar-refractivity contribution >= 4 is 5.82 Å². The van der Waals surface area contributed by atoms with Crippen LogP contribution in [-0.4, -0.2) is 41.7 Å². The highest BCUT2D eigenvalue weighted by molar-refractivity contribution is 5.41. The number of pyridine rings is 1. The van der Waals surface area contributed by atoms with Gasteiger partial charge in [0, 0.05) is 25.3 Å². The van der Waals surface area contributed by atoms with E-state index in [0.717, 1.165) is 12.2 Å². The summed E-state index contributed by atoms with van der Waals surface area (Å²) in [4.78, 5) is 5.74. The lowest BCUT2D eigenvalue weighted by molar-refractivity contribution is -0.143. The predicted octanol–water partition coefficient (Wildman–Crippen LogP) is 3.82. The number of alkyl halides is 3. The molecule has 22 heavy (non-hydrogen) atoms. The second kappa shape index (κ2) is 6.44. The number of hydrogen-bond acceptors (Lipinski definition) is 3. The third-order valence-electron chi connectivity index (χ3n) is 4.45. The van der Waals surface area contributed by atoms with Gasteiger partial charge in [0.05, 0.1) is 6.54 Å². The molecule has 1 aliphatic heterocycles. The first-order chi connectivity index (χ1) is 10.2. The van der Waals surface area contributed by atoms with Gasteiger partial charge in [0.2, 0.25) is 0 Å². The maximum absolute atomic E-state index is 12.4. The average Bonchev–Trinajstić information content (AvgIpc) is 2.84. The summed E-state index contributed by atoms with van der Waals surface area (Å²) in [6.45, 7) is 6.53. The van der Waals surface area contributed by atoms with Crippen LogP contribution in [-0.2, 0) is 5.41 Å². The van der Waals surface area contributed by atoms with Crippen LogP contribution in [0.4, 0.5) is 19.0 Å². The molecule has 1 aliphatic rings. The van der Waals surface area contributed by atoms with Gasteiger partial charge in [0.15, 0.2) is 0 Å². The molecule has 0 aromatic carbocycles. The van der Waals surface area contributed by atoms with Crippen LogP contribution in [0.15, 0.2) is 18.3 Å². The van der Waals surface area contributed by atoms with Crippen LogP contribution in [0.5, 0.6) is 0 Å². The van der Waals surface area contributed by atoms with Crippen LogP contribution in [0.3, 0.4) is 0 Å². The maximum atomic E-state index is 12.4. The van der Waals surface area contributed by atoms with Crippen LogP contribution in [0.25, 0.3) is 0 Å². The van der Waals surface area contributed by atoms with Crippen LogP contribution in [0.2, 0.25) is 0 Å². The lowest BCUT2D eigenvalue weighted by Crippen LogP contribution is -2.34. The Morgan fingerprint density at radius 3 is 2.73 bits per heavy atom. The minimum absolute atomic E-state index is 0.0230. The SMILES string of the molecule is CCC(C)(C)c1ccnc(NC2CCN(CC(F)(F)F)C2)c1. The first-order valence-corrected chi connectivity index (χ1v) is 7.72. The molecule has 1 aromatic rings. The Morgan fingerprint density at radius 2 is 2.09 bits per heavy atom. The largest absolute Gasteiger partial charge is 0.401 e. The quantitative estimate of drug-likeness (QED) is 0.895. The van der Waals surface area contributed by atoms with Crippen LogP contribution in [0, 0.1) is 0 Å². The highest BCUT2D eigenvalue weighted by Gasteiger charge is 2.34. The fourth-order valence-corrected chi connectivity index (χ4v) is 2.69. The molecule has 2 heterocycles. The average molecular weight is 315 g/mol. The highest BCUT2D eigenvalue weighted by Crippen LogP contribution is 2.28. The molecule has 0 radical (unpaired) electrons. The van der Waals surface area contributed by atoms with E-state index in [2.05, 4.69) is 31.1 Å². The van der Waals surface area contributed by atoms with E-state index >= 15 is 0 Å². The minimum atomic E-state index is -4.13. The fraction of sp³-hybridized carbons (Fsp3) is 0.688. The zero-order valence-electron chi connectivity index (χ0n) is 13.4. The summed E-state index contributed by atoms with van der Waals surface area (Å²) in [5.41, 5.74) is 1.26. The van der Waals surface area contributed by atoms with Crippen molar-refractivity contribution in [2.45, 2.75) is 51.2 Å². The van der Waals surface area contributed by atoms with Crippen molar-refractivity contribution in [3.8, 4) is 0 Å². The maximum Gasteiger partial charge on any atom is 0.401 e. The number of nitrogens with zero attached hydrogens (tertiary/aromatic N) is 2. The second-order valence-electron chi connectivity index (χ2n) is 6.65. The van der Waals surface area contributed by atoms with Gasteiger partial charge in [0.1, 0.15) is 5.82 Å². The van der Waals surface area contributed by atoms with Gasteiger partial charge in [-0.2, -0.15) is 13.2 Å². The van der Waals surface area contributed by atoms with Gasteiger partial charge in [-0.1, -0.05) is 20.8 Å². The monoisotopic (exact) mass is 315 g/mol.